The maximum Gasteiger partial charge on any atom is 0.319 e. The van der Waals surface area contributed by atoms with E-state index in [4.69, 9.17) is 19.7 Å². The number of aromatic nitrogens is 1. The van der Waals surface area contributed by atoms with Crippen LogP contribution in [-0.4, -0.2) is 34.7 Å². The van der Waals surface area contributed by atoms with E-state index in [1.165, 1.54) is 0 Å². The first-order chi connectivity index (χ1) is 26.2. The maximum absolute atomic E-state index is 14.3. The number of aromatic amines is 1. The van der Waals surface area contributed by atoms with Gasteiger partial charge in [0, 0.05) is 44.8 Å². The highest BCUT2D eigenvalue weighted by Crippen LogP contribution is 2.42. The Morgan fingerprint density at radius 3 is 1.47 bits per heavy atom. The van der Waals surface area contributed by atoms with Gasteiger partial charge in [0.25, 0.3) is 0 Å². The van der Waals surface area contributed by atoms with Crippen LogP contribution in [0.1, 0.15) is 29.2 Å². The molecule has 254 valence electrons. The number of ether oxygens (including phenoxy) is 1. The van der Waals surface area contributed by atoms with Crippen LogP contribution in [0.4, 0.5) is 0 Å². The molecule has 0 radical (unpaired) electrons. The van der Waals surface area contributed by atoms with Gasteiger partial charge in [0.2, 0.25) is 0 Å². The molecular weight excluding hydrogens is 653 g/mol. The molecule has 0 saturated carbocycles. The lowest BCUT2D eigenvalue weighted by Crippen LogP contribution is -2.28. The Balaban J connectivity index is 1.42. The molecule has 0 aliphatic carbocycles. The van der Waals surface area contributed by atoms with Gasteiger partial charge in [0.1, 0.15) is 5.92 Å². The third kappa shape index (κ3) is 5.80. The van der Waals surface area contributed by atoms with E-state index < -0.39 is 5.92 Å². The molecule has 4 aliphatic rings. The molecule has 0 spiro atoms. The van der Waals surface area contributed by atoms with Crippen molar-refractivity contribution in [3.8, 4) is 0 Å². The van der Waals surface area contributed by atoms with Crippen LogP contribution < -0.4 is 10.7 Å². The van der Waals surface area contributed by atoms with Crippen LogP contribution in [0, 0.1) is 5.92 Å². The first kappa shape index (κ1) is 32.0. The van der Waals surface area contributed by atoms with Crippen molar-refractivity contribution in [2.75, 3.05) is 6.61 Å². The number of nitrogens with zero attached hydrogens (tertiary/aromatic N) is 3. The predicted octanol–water partition coefficient (Wildman–Crippen LogP) is 7.79. The van der Waals surface area contributed by atoms with Crippen molar-refractivity contribution in [2.24, 2.45) is 20.9 Å². The summed E-state index contributed by atoms with van der Waals surface area (Å²) in [5.41, 5.74) is 11.8. The zero-order valence-electron chi connectivity index (χ0n) is 29.0. The molecule has 4 aliphatic heterocycles. The molecule has 53 heavy (non-hydrogen) atoms. The van der Waals surface area contributed by atoms with Crippen molar-refractivity contribution in [2.45, 2.75) is 6.92 Å². The number of fused-ring (bicyclic) bond motifs is 6. The van der Waals surface area contributed by atoms with Crippen LogP contribution in [0.2, 0.25) is 0 Å². The van der Waals surface area contributed by atoms with Crippen molar-refractivity contribution < 1.29 is 9.53 Å². The van der Waals surface area contributed by atoms with E-state index in [0.29, 0.717) is 11.4 Å². The number of esters is 1. The van der Waals surface area contributed by atoms with Crippen LogP contribution >= 0.6 is 0 Å². The molecule has 0 amide bonds. The zero-order chi connectivity index (χ0) is 35.7. The zero-order valence-corrected chi connectivity index (χ0v) is 29.0. The molecule has 1 unspecified atom stereocenters. The summed E-state index contributed by atoms with van der Waals surface area (Å²) < 4.78 is 5.84. The molecule has 0 saturated heterocycles. The van der Waals surface area contributed by atoms with Gasteiger partial charge in [0.15, 0.2) is 0 Å². The molecule has 4 aromatic carbocycles. The first-order valence-electron chi connectivity index (χ1n) is 17.8. The molecule has 5 aromatic rings. The lowest BCUT2D eigenvalue weighted by atomic mass is 9.82. The third-order valence-corrected chi connectivity index (χ3v) is 9.77. The van der Waals surface area contributed by atoms with E-state index in [9.17, 15) is 4.79 Å². The summed E-state index contributed by atoms with van der Waals surface area (Å²) in [6.45, 7) is 2.07. The average Bonchev–Trinajstić information content (AvgIpc) is 4.04. The molecule has 9 rings (SSSR count). The number of benzene rings is 4. The summed E-state index contributed by atoms with van der Waals surface area (Å²) in [5, 5.41) is 1.85. The van der Waals surface area contributed by atoms with Crippen LogP contribution in [0.3, 0.4) is 0 Å². The van der Waals surface area contributed by atoms with E-state index in [-0.39, 0.29) is 12.6 Å². The van der Waals surface area contributed by atoms with E-state index in [2.05, 4.69) is 65.7 Å². The van der Waals surface area contributed by atoms with Crippen LogP contribution in [0.25, 0.3) is 22.3 Å². The Labute approximate surface area is 307 Å². The minimum Gasteiger partial charge on any atom is -0.465 e. The average molecular weight is 687 g/mol. The Hall–Kier alpha value is -6.92. The standard InChI is InChI=1S/C47H34N4O2/c1-2-53-47(52)45-34-29-48-46(45)44(33-21-13-6-14-22-33)40-28-27-39(51-40)43(32-19-11-5-12-20-32)38-26-25-37(50-38)42(31-17-9-4-10-18-31)36-24-23-35(49-36)41(34)30-15-7-3-8-16-30/h3-29,45,50H,2H2,1H3. The van der Waals surface area contributed by atoms with E-state index >= 15 is 0 Å². The molecule has 5 heterocycles. The second-order valence-corrected chi connectivity index (χ2v) is 13.0. The van der Waals surface area contributed by atoms with Crippen LogP contribution in [0.15, 0.2) is 196 Å². The normalized spacial score (nSPS) is 17.6. The fraction of sp³-hybridized carbons (Fsp3) is 0.0638. The largest absolute Gasteiger partial charge is 0.465 e. The van der Waals surface area contributed by atoms with Gasteiger partial charge in [-0.2, -0.15) is 0 Å². The molecule has 1 N–H and O–H groups in total. The number of rotatable bonds is 6. The molecule has 0 fully saturated rings. The summed E-state index contributed by atoms with van der Waals surface area (Å²) >= 11 is 0. The minimum atomic E-state index is -0.827. The molecular formula is C47H34N4O2. The summed E-state index contributed by atoms with van der Waals surface area (Å²) in [6, 6.07) is 45.0. The molecule has 1 atom stereocenters. The highest BCUT2D eigenvalue weighted by molar-refractivity contribution is 6.36. The fourth-order valence-electron chi connectivity index (χ4n) is 7.48. The van der Waals surface area contributed by atoms with Crippen molar-refractivity contribution >= 4 is 45.4 Å². The number of carbonyl (C=O) groups excluding carboxylic acids is 1. The van der Waals surface area contributed by atoms with Gasteiger partial charge in [0.05, 0.1) is 35.1 Å². The highest BCUT2D eigenvalue weighted by Gasteiger charge is 2.40. The number of hydrogen-bond acceptors (Lipinski definition) is 5. The maximum atomic E-state index is 14.3. The van der Waals surface area contributed by atoms with E-state index in [1.54, 1.807) is 0 Å². The topological polar surface area (TPSA) is 79.2 Å². The Morgan fingerprint density at radius 1 is 0.566 bits per heavy atom. The van der Waals surface area contributed by atoms with Gasteiger partial charge in [-0.3, -0.25) is 9.79 Å². The van der Waals surface area contributed by atoms with Gasteiger partial charge in [-0.15, -0.1) is 0 Å². The lowest BCUT2D eigenvalue weighted by Gasteiger charge is -2.22. The van der Waals surface area contributed by atoms with Crippen molar-refractivity contribution in [3.63, 3.8) is 0 Å². The summed E-state index contributed by atoms with van der Waals surface area (Å²) in [6.07, 6.45) is 10.00. The Kier molecular flexibility index (Phi) is 8.25. The monoisotopic (exact) mass is 686 g/mol. The van der Waals surface area contributed by atoms with E-state index in [1.807, 2.05) is 110 Å². The Morgan fingerprint density at radius 2 is 1.00 bits per heavy atom. The van der Waals surface area contributed by atoms with Crippen LogP contribution in [-0.2, 0) is 9.53 Å². The quantitative estimate of drug-likeness (QED) is 0.185. The summed E-state index contributed by atoms with van der Waals surface area (Å²) in [4.78, 5) is 33.8. The minimum absolute atomic E-state index is 0.233. The highest BCUT2D eigenvalue weighted by atomic mass is 16.5. The molecule has 6 heteroatoms. The smallest absolute Gasteiger partial charge is 0.319 e. The van der Waals surface area contributed by atoms with Crippen molar-refractivity contribution in [1.29, 1.82) is 0 Å². The van der Waals surface area contributed by atoms with Gasteiger partial charge in [-0.1, -0.05) is 121 Å². The Bertz CT molecular complexity index is 2480. The van der Waals surface area contributed by atoms with Gasteiger partial charge in [-0.05, 0) is 65.6 Å². The third-order valence-electron chi connectivity index (χ3n) is 9.77. The second-order valence-electron chi connectivity index (χ2n) is 13.0. The number of nitrogens with one attached hydrogen (secondary N) is 1. The van der Waals surface area contributed by atoms with Crippen molar-refractivity contribution in [3.05, 3.63) is 214 Å². The number of H-pyrrole nitrogens is 1. The first-order valence-corrected chi connectivity index (χ1v) is 17.8. The fourth-order valence-corrected chi connectivity index (χ4v) is 7.48. The summed E-state index contributed by atoms with van der Waals surface area (Å²) in [5.74, 6) is -1.20. The van der Waals surface area contributed by atoms with Gasteiger partial charge >= 0.3 is 5.97 Å². The van der Waals surface area contributed by atoms with Gasteiger partial charge < -0.3 is 9.72 Å². The number of hydrogen-bond donors (Lipinski definition) is 1. The molecule has 8 bridgehead atoms. The molecule has 1 aromatic heterocycles. The summed E-state index contributed by atoms with van der Waals surface area (Å²) in [7, 11) is 0. The number of aliphatic imine (C=N–C) groups is 3. The number of allylic oxidation sites excluding steroid dienone is 6. The SMILES string of the molecule is CCOC(=O)C1C2=CN=C1C(c1ccccc1)=C1C=CC(=N1)C(c1ccccc1)=c1ccc([nH]1)=C(c1ccccc1)C1=NC(=C2c2ccccc2)C=C1. The number of carbonyl (C=O) groups is 1. The van der Waals surface area contributed by atoms with Crippen molar-refractivity contribution in [1.82, 2.24) is 4.98 Å². The van der Waals surface area contributed by atoms with E-state index in [0.717, 1.165) is 77.9 Å². The molecule has 6 nitrogen and oxygen atoms in total. The second kappa shape index (κ2) is 13.7. The van der Waals surface area contributed by atoms with Gasteiger partial charge in [-0.25, -0.2) is 9.98 Å². The van der Waals surface area contributed by atoms with Crippen LogP contribution in [0.5, 0.6) is 0 Å². The predicted molar refractivity (Wildman–Crippen MR) is 213 cm³/mol. The lowest BCUT2D eigenvalue weighted by molar-refractivity contribution is -0.144.